The van der Waals surface area contributed by atoms with E-state index < -0.39 is 0 Å². The molecule has 9 aromatic rings. The highest BCUT2D eigenvalue weighted by Crippen LogP contribution is 2.45. The van der Waals surface area contributed by atoms with Crippen molar-refractivity contribution in [3.63, 3.8) is 0 Å². The van der Waals surface area contributed by atoms with E-state index in [1.165, 1.54) is 98.3 Å². The van der Waals surface area contributed by atoms with Crippen LogP contribution in [0.2, 0.25) is 0 Å². The summed E-state index contributed by atoms with van der Waals surface area (Å²) < 4.78 is 4.82. The molecule has 2 heteroatoms. The van der Waals surface area contributed by atoms with Gasteiger partial charge < -0.3 is 0 Å². The monoisotopic (exact) mass is 650 g/mol. The van der Waals surface area contributed by atoms with Gasteiger partial charge >= 0.3 is 0 Å². The van der Waals surface area contributed by atoms with Gasteiger partial charge in [0.15, 0.2) is 24.8 Å². The van der Waals surface area contributed by atoms with E-state index in [0.717, 1.165) is 0 Å². The molecule has 0 unspecified atom stereocenters. The molecule has 7 aromatic carbocycles. The van der Waals surface area contributed by atoms with Crippen LogP contribution in [0.1, 0.15) is 101 Å². The Bertz CT molecular complexity index is 2400. The molecule has 0 aliphatic carbocycles. The Hall–Kier alpha value is -5.08. The summed E-state index contributed by atoms with van der Waals surface area (Å²) in [5, 5.41) is 16.0. The number of benzene rings is 7. The first-order valence-electron chi connectivity index (χ1n) is 18.5. The summed E-state index contributed by atoms with van der Waals surface area (Å²) in [5.74, 6) is 1.74. The summed E-state index contributed by atoms with van der Waals surface area (Å²) in [5.41, 5.74) is 8.25. The van der Waals surface area contributed by atoms with Crippen molar-refractivity contribution in [3.8, 4) is 11.4 Å². The molecule has 0 aliphatic rings. The van der Waals surface area contributed by atoms with Crippen LogP contribution in [-0.2, 0) is 0 Å². The molecule has 246 valence electrons. The van der Waals surface area contributed by atoms with Crippen molar-refractivity contribution in [1.82, 2.24) is 0 Å². The molecule has 2 aromatic heterocycles. The smallest absolute Gasteiger partial charge is 0.165 e. The minimum atomic E-state index is 0.435. The van der Waals surface area contributed by atoms with Crippen LogP contribution in [0.4, 0.5) is 0 Å². The zero-order valence-electron chi connectivity index (χ0n) is 30.6. The molecule has 2 nitrogen and oxygen atoms in total. The van der Waals surface area contributed by atoms with Crippen LogP contribution in [0.5, 0.6) is 0 Å². The quantitative estimate of drug-likeness (QED) is 0.0961. The summed E-state index contributed by atoms with van der Waals surface area (Å²) in [6.07, 6.45) is 9.49. The van der Waals surface area contributed by atoms with Gasteiger partial charge in [0, 0.05) is 54.6 Å². The van der Waals surface area contributed by atoms with Gasteiger partial charge in [-0.25, -0.2) is 0 Å². The summed E-state index contributed by atoms with van der Waals surface area (Å²) in [4.78, 5) is 0. The number of para-hydroxylation sites is 2. The van der Waals surface area contributed by atoms with Gasteiger partial charge in [0.05, 0.1) is 0 Å². The van der Waals surface area contributed by atoms with Crippen LogP contribution in [0, 0.1) is 0 Å². The van der Waals surface area contributed by atoms with E-state index in [0.29, 0.717) is 23.7 Å². The van der Waals surface area contributed by atoms with Gasteiger partial charge in [-0.3, -0.25) is 0 Å². The fourth-order valence-electron chi connectivity index (χ4n) is 8.98. The van der Waals surface area contributed by atoms with E-state index in [4.69, 9.17) is 0 Å². The molecular formula is C48H46N2+2. The molecule has 50 heavy (non-hydrogen) atoms. The van der Waals surface area contributed by atoms with Gasteiger partial charge in [-0.05, 0) is 80.3 Å². The lowest BCUT2D eigenvalue weighted by Gasteiger charge is -2.19. The Labute approximate surface area is 295 Å². The van der Waals surface area contributed by atoms with Crippen molar-refractivity contribution >= 4 is 64.6 Å². The normalized spacial score (nSPS) is 12.7. The molecule has 9 rings (SSSR count). The standard InChI is InChI=1S/C48H46N2/c1-27(2)35-11-9-12-36(28(3)4)47(35)49-23-31-15-19-39-41-21-17-33-25-50(48-37(29(5)6)13-10-14-38(48)30(7)8)26-34-18-22-42(46(41)44(33)34)40-20-16-32(24-49)43(31)45(39)40/h9-30H,1-8H3/q+2. The molecule has 0 spiro atoms. The van der Waals surface area contributed by atoms with Crippen LogP contribution < -0.4 is 9.13 Å². The number of pyridine rings is 2. The van der Waals surface area contributed by atoms with Crippen molar-refractivity contribution in [3.05, 3.63) is 132 Å². The fourth-order valence-corrected chi connectivity index (χ4v) is 8.98. The van der Waals surface area contributed by atoms with Crippen molar-refractivity contribution in [2.24, 2.45) is 0 Å². The minimum absolute atomic E-state index is 0.435. The van der Waals surface area contributed by atoms with Gasteiger partial charge in [-0.2, -0.15) is 9.13 Å². The van der Waals surface area contributed by atoms with Crippen molar-refractivity contribution in [2.45, 2.75) is 79.1 Å². The van der Waals surface area contributed by atoms with E-state index in [1.807, 2.05) is 0 Å². The molecule has 0 saturated carbocycles. The first-order valence-corrected chi connectivity index (χ1v) is 18.5. The van der Waals surface area contributed by atoms with E-state index in [9.17, 15) is 0 Å². The highest BCUT2D eigenvalue weighted by atomic mass is 15.0. The zero-order valence-corrected chi connectivity index (χ0v) is 30.6. The number of rotatable bonds is 6. The highest BCUT2D eigenvalue weighted by Gasteiger charge is 2.27. The van der Waals surface area contributed by atoms with Crippen LogP contribution in [-0.4, -0.2) is 0 Å². The van der Waals surface area contributed by atoms with Gasteiger partial charge in [0.2, 0.25) is 11.4 Å². The third-order valence-electron chi connectivity index (χ3n) is 11.3. The molecule has 0 radical (unpaired) electrons. The average molecular weight is 651 g/mol. The van der Waals surface area contributed by atoms with Gasteiger partial charge in [0.1, 0.15) is 0 Å². The van der Waals surface area contributed by atoms with E-state index in [2.05, 4.69) is 174 Å². The van der Waals surface area contributed by atoms with Gasteiger partial charge in [0.25, 0.3) is 0 Å². The summed E-state index contributed by atoms with van der Waals surface area (Å²) >= 11 is 0. The van der Waals surface area contributed by atoms with E-state index in [-0.39, 0.29) is 0 Å². The maximum atomic E-state index is 2.41. The third kappa shape index (κ3) is 4.40. The Kier molecular flexibility index (Phi) is 6.94. The van der Waals surface area contributed by atoms with Crippen LogP contribution in [0.25, 0.3) is 76.0 Å². The molecule has 0 amide bonds. The second-order valence-electron chi connectivity index (χ2n) is 15.8. The van der Waals surface area contributed by atoms with Crippen molar-refractivity contribution in [1.29, 1.82) is 0 Å². The molecule has 0 bridgehead atoms. The maximum absolute atomic E-state index is 2.41. The second-order valence-corrected chi connectivity index (χ2v) is 15.8. The topological polar surface area (TPSA) is 7.76 Å². The molecule has 0 fully saturated rings. The minimum Gasteiger partial charge on any atom is -0.165 e. The average Bonchev–Trinajstić information content (AvgIpc) is 3.11. The number of nitrogens with zero attached hydrogens (tertiary/aromatic N) is 2. The predicted octanol–water partition coefficient (Wildman–Crippen LogP) is 12.5. The molecule has 0 atom stereocenters. The SMILES string of the molecule is CC(C)c1cccc(C(C)C)c1-[n+]1cc2ccc3c4ccc5c[n+](-c6c(C(C)C)cccc6C(C)C)cc6ccc(c7ccc(c1)c2c37)c4c56. The zero-order chi connectivity index (χ0) is 34.6. The summed E-state index contributed by atoms with van der Waals surface area (Å²) in [6.45, 7) is 18.4. The fraction of sp³-hybridized carbons (Fsp3) is 0.250. The number of hydrogen-bond donors (Lipinski definition) is 0. The van der Waals surface area contributed by atoms with E-state index in [1.54, 1.807) is 0 Å². The lowest BCUT2D eigenvalue weighted by molar-refractivity contribution is -0.594. The predicted molar refractivity (Wildman–Crippen MR) is 213 cm³/mol. The van der Waals surface area contributed by atoms with Crippen molar-refractivity contribution < 1.29 is 9.13 Å². The Morgan fingerprint density at radius 3 is 0.820 bits per heavy atom. The molecule has 0 aliphatic heterocycles. The Balaban J connectivity index is 1.31. The van der Waals surface area contributed by atoms with Crippen molar-refractivity contribution in [2.75, 3.05) is 0 Å². The Morgan fingerprint density at radius 1 is 0.320 bits per heavy atom. The number of fused-ring (bicyclic) bond motifs is 2. The molecule has 0 N–H and O–H groups in total. The number of hydrogen-bond acceptors (Lipinski definition) is 0. The lowest BCUT2D eigenvalue weighted by Crippen LogP contribution is -2.33. The third-order valence-corrected chi connectivity index (χ3v) is 11.3. The van der Waals surface area contributed by atoms with E-state index >= 15 is 0 Å². The Morgan fingerprint density at radius 2 is 0.580 bits per heavy atom. The molecule has 0 saturated heterocycles. The highest BCUT2D eigenvalue weighted by molar-refractivity contribution is 6.39. The lowest BCUT2D eigenvalue weighted by atomic mass is 9.86. The molecular weight excluding hydrogens is 605 g/mol. The number of aromatic nitrogens is 2. The summed E-state index contributed by atoms with van der Waals surface area (Å²) in [7, 11) is 0. The largest absolute Gasteiger partial charge is 0.217 e. The van der Waals surface area contributed by atoms with Gasteiger partial charge in [-0.15, -0.1) is 0 Å². The second kappa shape index (κ2) is 11.2. The molecule has 2 heterocycles. The van der Waals surface area contributed by atoms with Gasteiger partial charge in [-0.1, -0.05) is 116 Å². The van der Waals surface area contributed by atoms with Crippen LogP contribution >= 0.6 is 0 Å². The first-order chi connectivity index (χ1) is 24.1. The maximum Gasteiger partial charge on any atom is 0.217 e. The van der Waals surface area contributed by atoms with Crippen LogP contribution in [0.3, 0.4) is 0 Å². The van der Waals surface area contributed by atoms with Crippen LogP contribution in [0.15, 0.2) is 110 Å². The first kappa shape index (κ1) is 30.9. The summed E-state index contributed by atoms with van der Waals surface area (Å²) in [6, 6.07) is 32.6.